The van der Waals surface area contributed by atoms with Crippen molar-refractivity contribution in [1.82, 2.24) is 0 Å². The number of benzene rings is 2. The summed E-state index contributed by atoms with van der Waals surface area (Å²) in [6, 6.07) is 12.9. The van der Waals surface area contributed by atoms with E-state index in [2.05, 4.69) is 6.07 Å². The van der Waals surface area contributed by atoms with Gasteiger partial charge in [-0.05, 0) is 36.6 Å². The summed E-state index contributed by atoms with van der Waals surface area (Å²) >= 11 is 5.88. The van der Waals surface area contributed by atoms with Gasteiger partial charge in [-0.15, -0.1) is 0 Å². The summed E-state index contributed by atoms with van der Waals surface area (Å²) in [5.74, 6) is 0. The Hall–Kier alpha value is -2.07. The Kier molecular flexibility index (Phi) is 3.32. The molecule has 2 aromatic carbocycles. The lowest BCUT2D eigenvalue weighted by Crippen LogP contribution is -2.25. The molecule has 102 valence electrons. The maximum absolute atomic E-state index is 11.2. The molecule has 0 spiro atoms. The zero-order chi connectivity index (χ0) is 14.1. The number of halogens is 1. The van der Waals surface area contributed by atoms with Gasteiger partial charge in [-0.3, -0.25) is 10.1 Å². The number of anilines is 2. The van der Waals surface area contributed by atoms with Crippen LogP contribution in [0, 0.1) is 10.1 Å². The molecule has 0 radical (unpaired) electrons. The van der Waals surface area contributed by atoms with E-state index in [1.807, 2.05) is 23.1 Å². The average Bonchev–Trinajstić information content (AvgIpc) is 2.46. The van der Waals surface area contributed by atoms with E-state index in [4.69, 9.17) is 11.6 Å². The summed E-state index contributed by atoms with van der Waals surface area (Å²) in [5, 5.41) is 11.6. The zero-order valence-corrected chi connectivity index (χ0v) is 11.5. The summed E-state index contributed by atoms with van der Waals surface area (Å²) in [4.78, 5) is 12.9. The molecule has 1 aliphatic heterocycles. The van der Waals surface area contributed by atoms with Gasteiger partial charge in [0.05, 0.1) is 4.92 Å². The van der Waals surface area contributed by atoms with Gasteiger partial charge in [0.1, 0.15) is 5.69 Å². The topological polar surface area (TPSA) is 46.4 Å². The second-order valence-corrected chi connectivity index (χ2v) is 5.21. The highest BCUT2D eigenvalue weighted by atomic mass is 35.5. The first-order chi connectivity index (χ1) is 9.66. The fourth-order valence-corrected chi connectivity index (χ4v) is 2.82. The molecule has 0 saturated carbocycles. The van der Waals surface area contributed by atoms with E-state index in [0.717, 1.165) is 25.1 Å². The second kappa shape index (κ2) is 5.13. The molecule has 0 aliphatic carbocycles. The molecule has 0 N–H and O–H groups in total. The summed E-state index contributed by atoms with van der Waals surface area (Å²) in [5.41, 5.74) is 2.92. The number of fused-ring (bicyclic) bond motifs is 1. The summed E-state index contributed by atoms with van der Waals surface area (Å²) < 4.78 is 0. The highest BCUT2D eigenvalue weighted by Gasteiger charge is 2.24. The zero-order valence-electron chi connectivity index (χ0n) is 10.8. The van der Waals surface area contributed by atoms with Crippen LogP contribution in [0.2, 0.25) is 5.02 Å². The fraction of sp³-hybridized carbons (Fsp3) is 0.200. The number of hydrogen-bond acceptors (Lipinski definition) is 3. The van der Waals surface area contributed by atoms with Crippen molar-refractivity contribution in [3.05, 3.63) is 63.2 Å². The molecule has 20 heavy (non-hydrogen) atoms. The van der Waals surface area contributed by atoms with Crippen molar-refractivity contribution in [2.45, 2.75) is 12.8 Å². The van der Waals surface area contributed by atoms with Crippen LogP contribution in [-0.2, 0) is 6.42 Å². The van der Waals surface area contributed by atoms with Crippen LogP contribution in [-0.4, -0.2) is 11.5 Å². The van der Waals surface area contributed by atoms with Crippen LogP contribution >= 0.6 is 11.6 Å². The number of hydrogen-bond donors (Lipinski definition) is 0. The van der Waals surface area contributed by atoms with E-state index in [9.17, 15) is 10.1 Å². The van der Waals surface area contributed by atoms with Crippen LogP contribution in [0.3, 0.4) is 0 Å². The normalized spacial score (nSPS) is 13.9. The van der Waals surface area contributed by atoms with Gasteiger partial charge in [0.25, 0.3) is 5.69 Å². The molecule has 3 rings (SSSR count). The van der Waals surface area contributed by atoms with Crippen molar-refractivity contribution >= 4 is 28.7 Å². The van der Waals surface area contributed by atoms with E-state index in [1.165, 1.54) is 11.6 Å². The standard InChI is InChI=1S/C15H13ClN2O2/c16-12-7-8-14(15(10-12)18(19)20)17-9-3-5-11-4-1-2-6-13(11)17/h1-2,4,6-8,10H,3,5,9H2. The molecular weight excluding hydrogens is 276 g/mol. The van der Waals surface area contributed by atoms with Gasteiger partial charge < -0.3 is 4.90 Å². The highest BCUT2D eigenvalue weighted by Crippen LogP contribution is 2.39. The Morgan fingerprint density at radius 1 is 1.15 bits per heavy atom. The van der Waals surface area contributed by atoms with Crippen LogP contribution < -0.4 is 4.90 Å². The smallest absolute Gasteiger partial charge is 0.294 e. The lowest BCUT2D eigenvalue weighted by molar-refractivity contribution is -0.384. The van der Waals surface area contributed by atoms with Gasteiger partial charge in [0.15, 0.2) is 0 Å². The molecule has 0 amide bonds. The van der Waals surface area contributed by atoms with Crippen LogP contribution in [0.25, 0.3) is 0 Å². The summed E-state index contributed by atoms with van der Waals surface area (Å²) in [7, 11) is 0. The quantitative estimate of drug-likeness (QED) is 0.610. The number of nitro groups is 1. The van der Waals surface area contributed by atoms with Crippen LogP contribution in [0.5, 0.6) is 0 Å². The average molecular weight is 289 g/mol. The molecule has 0 aromatic heterocycles. The number of rotatable bonds is 2. The van der Waals surface area contributed by atoms with E-state index < -0.39 is 0 Å². The first kappa shape index (κ1) is 12.9. The van der Waals surface area contributed by atoms with E-state index in [0.29, 0.717) is 10.7 Å². The van der Waals surface area contributed by atoms with E-state index in [1.54, 1.807) is 12.1 Å². The SMILES string of the molecule is O=[N+]([O-])c1cc(Cl)ccc1N1CCCc2ccccc21. The lowest BCUT2D eigenvalue weighted by Gasteiger charge is -2.30. The molecule has 0 atom stereocenters. The first-order valence-corrected chi connectivity index (χ1v) is 6.84. The van der Waals surface area contributed by atoms with Crippen LogP contribution in [0.1, 0.15) is 12.0 Å². The second-order valence-electron chi connectivity index (χ2n) is 4.77. The number of aryl methyl sites for hydroxylation is 1. The van der Waals surface area contributed by atoms with Crippen LogP contribution in [0.4, 0.5) is 17.1 Å². The minimum absolute atomic E-state index is 0.0502. The number of nitrogens with zero attached hydrogens (tertiary/aromatic N) is 2. The van der Waals surface area contributed by atoms with Crippen molar-refractivity contribution < 1.29 is 4.92 Å². The van der Waals surface area contributed by atoms with Gasteiger partial charge in [-0.25, -0.2) is 0 Å². The highest BCUT2D eigenvalue weighted by molar-refractivity contribution is 6.31. The van der Waals surface area contributed by atoms with Crippen molar-refractivity contribution in [3.8, 4) is 0 Å². The predicted octanol–water partition coefficient (Wildman–Crippen LogP) is 4.33. The van der Waals surface area contributed by atoms with Crippen molar-refractivity contribution in [2.75, 3.05) is 11.4 Å². The molecule has 0 bridgehead atoms. The van der Waals surface area contributed by atoms with Gasteiger partial charge in [-0.1, -0.05) is 29.8 Å². The Bertz CT molecular complexity index is 673. The van der Waals surface area contributed by atoms with Crippen LogP contribution in [0.15, 0.2) is 42.5 Å². The van der Waals surface area contributed by atoms with E-state index in [-0.39, 0.29) is 10.6 Å². The third-order valence-electron chi connectivity index (χ3n) is 3.54. The van der Waals surface area contributed by atoms with Gasteiger partial charge in [0, 0.05) is 23.3 Å². The van der Waals surface area contributed by atoms with Gasteiger partial charge >= 0.3 is 0 Å². The Morgan fingerprint density at radius 3 is 2.75 bits per heavy atom. The monoisotopic (exact) mass is 288 g/mol. The van der Waals surface area contributed by atoms with Crippen molar-refractivity contribution in [3.63, 3.8) is 0 Å². The first-order valence-electron chi connectivity index (χ1n) is 6.46. The molecule has 0 unspecified atom stereocenters. The third kappa shape index (κ3) is 2.23. The Morgan fingerprint density at radius 2 is 1.95 bits per heavy atom. The molecule has 1 heterocycles. The lowest BCUT2D eigenvalue weighted by atomic mass is 10.0. The molecule has 2 aromatic rings. The van der Waals surface area contributed by atoms with Gasteiger partial charge in [-0.2, -0.15) is 0 Å². The maximum Gasteiger partial charge on any atom is 0.294 e. The van der Waals surface area contributed by atoms with E-state index >= 15 is 0 Å². The number of nitro benzene ring substituents is 1. The third-order valence-corrected chi connectivity index (χ3v) is 3.77. The largest absolute Gasteiger partial charge is 0.336 e. The van der Waals surface area contributed by atoms with Crippen molar-refractivity contribution in [2.24, 2.45) is 0 Å². The molecule has 0 saturated heterocycles. The fourth-order valence-electron chi connectivity index (χ4n) is 2.65. The van der Waals surface area contributed by atoms with Crippen molar-refractivity contribution in [1.29, 1.82) is 0 Å². The molecule has 0 fully saturated rings. The minimum Gasteiger partial charge on any atom is -0.336 e. The molecule has 1 aliphatic rings. The summed E-state index contributed by atoms with van der Waals surface area (Å²) in [6.07, 6.45) is 1.99. The minimum atomic E-state index is -0.377. The molecule has 5 heteroatoms. The maximum atomic E-state index is 11.2. The van der Waals surface area contributed by atoms with Gasteiger partial charge in [0.2, 0.25) is 0 Å². The summed E-state index contributed by atoms with van der Waals surface area (Å²) in [6.45, 7) is 0.777. The Balaban J connectivity index is 2.13. The molecular formula is C15H13ClN2O2. The predicted molar refractivity (Wildman–Crippen MR) is 79.9 cm³/mol. The Labute approximate surface area is 121 Å². The number of para-hydroxylation sites is 1. The molecule has 4 nitrogen and oxygen atoms in total.